The van der Waals surface area contributed by atoms with E-state index in [-0.39, 0.29) is 0 Å². The predicted octanol–water partition coefficient (Wildman–Crippen LogP) is 2.57. The smallest absolute Gasteiger partial charge is 0.0327 e. The Hall–Kier alpha value is -0.120. The first-order valence-electron chi connectivity index (χ1n) is 8.70. The maximum Gasteiger partial charge on any atom is 0.0327 e. The van der Waals surface area contributed by atoms with Gasteiger partial charge in [-0.05, 0) is 72.3 Å². The van der Waals surface area contributed by atoms with E-state index in [2.05, 4.69) is 43.1 Å². The highest BCUT2D eigenvalue weighted by molar-refractivity contribution is 4.95. The first kappa shape index (κ1) is 16.3. The second-order valence-corrected chi connectivity index (χ2v) is 7.27. The highest BCUT2D eigenvalue weighted by Crippen LogP contribution is 2.33. The molecule has 1 N–H and O–H groups in total. The number of likely N-dealkylation sites (N-methyl/N-ethyl adjacent to an activating group) is 1. The molecule has 1 atom stereocenters. The van der Waals surface area contributed by atoms with Gasteiger partial charge in [0.25, 0.3) is 0 Å². The van der Waals surface area contributed by atoms with Crippen LogP contribution in [0.4, 0.5) is 0 Å². The van der Waals surface area contributed by atoms with E-state index >= 15 is 0 Å². The lowest BCUT2D eigenvalue weighted by Gasteiger charge is -2.40. The molecule has 0 amide bonds. The molecule has 20 heavy (non-hydrogen) atoms. The van der Waals surface area contributed by atoms with Crippen LogP contribution >= 0.6 is 0 Å². The molecule has 0 spiro atoms. The van der Waals surface area contributed by atoms with Gasteiger partial charge in [0.05, 0.1) is 0 Å². The van der Waals surface area contributed by atoms with Gasteiger partial charge in [-0.3, -0.25) is 0 Å². The van der Waals surface area contributed by atoms with Crippen molar-refractivity contribution in [3.05, 3.63) is 0 Å². The van der Waals surface area contributed by atoms with Crippen LogP contribution in [0.1, 0.15) is 52.4 Å². The fourth-order valence-electron chi connectivity index (χ4n) is 4.10. The lowest BCUT2D eigenvalue weighted by molar-refractivity contribution is 0.130. The lowest BCUT2D eigenvalue weighted by Crippen LogP contribution is -2.53. The zero-order chi connectivity index (χ0) is 14.6. The molecule has 1 saturated heterocycles. The van der Waals surface area contributed by atoms with Gasteiger partial charge < -0.3 is 15.1 Å². The fourth-order valence-corrected chi connectivity index (χ4v) is 4.10. The van der Waals surface area contributed by atoms with Crippen LogP contribution in [-0.2, 0) is 0 Å². The van der Waals surface area contributed by atoms with E-state index in [1.807, 2.05) is 0 Å². The van der Waals surface area contributed by atoms with Crippen molar-refractivity contribution in [1.29, 1.82) is 0 Å². The van der Waals surface area contributed by atoms with Gasteiger partial charge in [-0.25, -0.2) is 0 Å². The molecule has 1 heterocycles. The largest absolute Gasteiger partial charge is 0.312 e. The molecule has 2 fully saturated rings. The number of likely N-dealkylation sites (tertiary alicyclic amines) is 1. The average molecular weight is 281 g/mol. The number of nitrogens with one attached hydrogen (secondary N) is 1. The van der Waals surface area contributed by atoms with Crippen molar-refractivity contribution in [2.75, 3.05) is 40.3 Å². The van der Waals surface area contributed by atoms with Crippen LogP contribution in [0.25, 0.3) is 0 Å². The number of hydrogen-bond acceptors (Lipinski definition) is 3. The van der Waals surface area contributed by atoms with Gasteiger partial charge >= 0.3 is 0 Å². The summed E-state index contributed by atoms with van der Waals surface area (Å²) in [6.45, 7) is 9.68. The minimum Gasteiger partial charge on any atom is -0.312 e. The van der Waals surface area contributed by atoms with Crippen molar-refractivity contribution in [3.63, 3.8) is 0 Å². The summed E-state index contributed by atoms with van der Waals surface area (Å²) in [5, 5.41) is 3.89. The number of rotatable bonds is 6. The summed E-state index contributed by atoms with van der Waals surface area (Å²) in [7, 11) is 4.52. The average Bonchev–Trinajstić information content (AvgIpc) is 2.95. The topological polar surface area (TPSA) is 18.5 Å². The molecule has 0 bridgehead atoms. The van der Waals surface area contributed by atoms with Crippen LogP contribution < -0.4 is 5.32 Å². The monoisotopic (exact) mass is 281 g/mol. The predicted molar refractivity (Wildman–Crippen MR) is 87.2 cm³/mol. The van der Waals surface area contributed by atoms with Gasteiger partial charge in [0.1, 0.15) is 0 Å². The number of hydrogen-bond donors (Lipinski definition) is 1. The van der Waals surface area contributed by atoms with E-state index in [9.17, 15) is 0 Å². The first-order chi connectivity index (χ1) is 9.57. The third kappa shape index (κ3) is 3.75. The van der Waals surface area contributed by atoms with Gasteiger partial charge in [0.2, 0.25) is 0 Å². The quantitative estimate of drug-likeness (QED) is 0.807. The Balaban J connectivity index is 1.78. The SMILES string of the molecule is CCN1CCC(C(C)NCC2(N(C)C)CCCC2)CC1. The standard InChI is InChI=1S/C17H35N3/c1-5-20-12-8-16(9-13-20)15(2)18-14-17(19(3)4)10-6-7-11-17/h15-16,18H,5-14H2,1-4H3. The number of nitrogens with zero attached hydrogens (tertiary/aromatic N) is 2. The van der Waals surface area contributed by atoms with E-state index in [1.165, 1.54) is 64.7 Å². The normalized spacial score (nSPS) is 26.2. The van der Waals surface area contributed by atoms with E-state index in [0.29, 0.717) is 11.6 Å². The maximum absolute atomic E-state index is 3.89. The van der Waals surface area contributed by atoms with E-state index < -0.39 is 0 Å². The molecule has 2 aliphatic rings. The van der Waals surface area contributed by atoms with Gasteiger partial charge in [0, 0.05) is 18.1 Å². The molecule has 0 aromatic carbocycles. The molecule has 1 aliphatic heterocycles. The van der Waals surface area contributed by atoms with Crippen molar-refractivity contribution in [2.24, 2.45) is 5.92 Å². The molecule has 1 aliphatic carbocycles. The highest BCUT2D eigenvalue weighted by Gasteiger charge is 2.36. The summed E-state index contributed by atoms with van der Waals surface area (Å²) >= 11 is 0. The lowest BCUT2D eigenvalue weighted by atomic mass is 9.89. The first-order valence-corrected chi connectivity index (χ1v) is 8.70. The summed E-state index contributed by atoms with van der Waals surface area (Å²) in [5.74, 6) is 0.874. The van der Waals surface area contributed by atoms with Gasteiger partial charge in [-0.2, -0.15) is 0 Å². The molecule has 1 saturated carbocycles. The minimum absolute atomic E-state index is 0.429. The third-order valence-electron chi connectivity index (χ3n) is 6.02. The molecule has 2 rings (SSSR count). The van der Waals surface area contributed by atoms with Crippen molar-refractivity contribution < 1.29 is 0 Å². The zero-order valence-corrected chi connectivity index (χ0v) is 14.1. The van der Waals surface area contributed by atoms with Crippen LogP contribution in [-0.4, -0.2) is 61.7 Å². The number of piperidine rings is 1. The molecule has 0 radical (unpaired) electrons. The highest BCUT2D eigenvalue weighted by atomic mass is 15.2. The Morgan fingerprint density at radius 3 is 2.30 bits per heavy atom. The Labute approximate surface area is 126 Å². The Morgan fingerprint density at radius 2 is 1.80 bits per heavy atom. The molecular weight excluding hydrogens is 246 g/mol. The van der Waals surface area contributed by atoms with E-state index in [1.54, 1.807) is 0 Å². The molecule has 1 unspecified atom stereocenters. The summed E-state index contributed by atoms with van der Waals surface area (Å²) < 4.78 is 0. The van der Waals surface area contributed by atoms with Crippen LogP contribution in [0.5, 0.6) is 0 Å². The van der Waals surface area contributed by atoms with Crippen molar-refractivity contribution >= 4 is 0 Å². The summed E-state index contributed by atoms with van der Waals surface area (Å²) in [5.41, 5.74) is 0.429. The Bertz CT molecular complexity index is 276. The Kier molecular flexibility index (Phi) is 5.88. The third-order valence-corrected chi connectivity index (χ3v) is 6.02. The summed E-state index contributed by atoms with van der Waals surface area (Å²) in [6.07, 6.45) is 8.29. The van der Waals surface area contributed by atoms with Crippen molar-refractivity contribution in [2.45, 2.75) is 64.0 Å². The van der Waals surface area contributed by atoms with E-state index in [4.69, 9.17) is 0 Å². The Morgan fingerprint density at radius 1 is 1.20 bits per heavy atom. The molecular formula is C17H35N3. The zero-order valence-electron chi connectivity index (χ0n) is 14.1. The second kappa shape index (κ2) is 7.24. The second-order valence-electron chi connectivity index (χ2n) is 7.27. The molecule has 0 aromatic heterocycles. The van der Waals surface area contributed by atoms with Crippen LogP contribution in [0.3, 0.4) is 0 Å². The van der Waals surface area contributed by atoms with Crippen LogP contribution in [0, 0.1) is 5.92 Å². The summed E-state index contributed by atoms with van der Waals surface area (Å²) in [6, 6.07) is 0.673. The van der Waals surface area contributed by atoms with Crippen LogP contribution in [0.2, 0.25) is 0 Å². The van der Waals surface area contributed by atoms with E-state index in [0.717, 1.165) is 5.92 Å². The van der Waals surface area contributed by atoms with Crippen LogP contribution in [0.15, 0.2) is 0 Å². The van der Waals surface area contributed by atoms with Gasteiger partial charge in [0.15, 0.2) is 0 Å². The molecule has 118 valence electrons. The molecule has 0 aromatic rings. The van der Waals surface area contributed by atoms with Gasteiger partial charge in [-0.15, -0.1) is 0 Å². The molecule has 3 nitrogen and oxygen atoms in total. The summed E-state index contributed by atoms with van der Waals surface area (Å²) in [4.78, 5) is 5.06. The molecule has 3 heteroatoms. The van der Waals surface area contributed by atoms with Gasteiger partial charge in [-0.1, -0.05) is 19.8 Å². The van der Waals surface area contributed by atoms with Crippen molar-refractivity contribution in [1.82, 2.24) is 15.1 Å². The maximum atomic E-state index is 3.89. The van der Waals surface area contributed by atoms with Crippen molar-refractivity contribution in [3.8, 4) is 0 Å². The fraction of sp³-hybridized carbons (Fsp3) is 1.00. The minimum atomic E-state index is 0.429.